The van der Waals surface area contributed by atoms with E-state index >= 15 is 0 Å². The van der Waals surface area contributed by atoms with Gasteiger partial charge in [0.2, 0.25) is 11.1 Å². The Hall–Kier alpha value is -3.45. The van der Waals surface area contributed by atoms with Gasteiger partial charge in [0.05, 0.1) is 5.25 Å². The third-order valence-electron chi connectivity index (χ3n) is 5.06. The highest BCUT2D eigenvalue weighted by atomic mass is 32.2. The Balaban J connectivity index is 1.40. The topological polar surface area (TPSA) is 83.6 Å². The van der Waals surface area contributed by atoms with Gasteiger partial charge in [-0.3, -0.25) is 4.79 Å². The van der Waals surface area contributed by atoms with E-state index in [1.807, 2.05) is 73.7 Å². The summed E-state index contributed by atoms with van der Waals surface area (Å²) in [6.07, 6.45) is 0.648. The monoisotopic (exact) mass is 413 g/mol. The lowest BCUT2D eigenvalue weighted by molar-refractivity contribution is -0.115. The molecule has 30 heavy (non-hydrogen) atoms. The van der Waals surface area contributed by atoms with Crippen LogP contribution in [0.1, 0.15) is 13.3 Å². The van der Waals surface area contributed by atoms with Crippen LogP contribution in [0.25, 0.3) is 32.8 Å². The third kappa shape index (κ3) is 3.37. The van der Waals surface area contributed by atoms with E-state index < -0.39 is 0 Å². The number of amides is 1. The minimum atomic E-state index is -0.326. The minimum Gasteiger partial charge on any atom is -0.338 e. The molecule has 0 saturated carbocycles. The number of fused-ring (bicyclic) bond motifs is 4. The minimum absolute atomic E-state index is 0.0702. The average Bonchev–Trinajstić information content (AvgIpc) is 3.15. The van der Waals surface area contributed by atoms with Crippen molar-refractivity contribution in [3.8, 4) is 0 Å². The van der Waals surface area contributed by atoms with E-state index in [1.54, 1.807) is 0 Å². The molecule has 5 rings (SSSR count). The van der Waals surface area contributed by atoms with E-state index in [2.05, 4.69) is 25.5 Å². The molecule has 0 unspecified atom stereocenters. The maximum Gasteiger partial charge on any atom is 0.237 e. The summed E-state index contributed by atoms with van der Waals surface area (Å²) >= 11 is 1.33. The lowest BCUT2D eigenvalue weighted by Crippen LogP contribution is -2.25. The van der Waals surface area contributed by atoms with Gasteiger partial charge in [-0.05, 0) is 23.9 Å². The standard InChI is InChI=1S/C23H19N5OS/c1-2-19(22(29)25-17-13-7-9-14-8-3-4-10-15(14)17)30-23-26-21-20(27-28-23)16-11-5-6-12-18(16)24-21/h3-13,19H,2H2,1H3,(H,25,29)(H,24,26,28)/t19-/m0/s1. The Morgan fingerprint density at radius 3 is 2.63 bits per heavy atom. The summed E-state index contributed by atoms with van der Waals surface area (Å²) in [5.41, 5.74) is 3.20. The van der Waals surface area contributed by atoms with E-state index in [-0.39, 0.29) is 11.2 Å². The number of thioether (sulfide) groups is 1. The third-order valence-corrected chi connectivity index (χ3v) is 6.28. The van der Waals surface area contributed by atoms with Crippen LogP contribution in [0.4, 0.5) is 5.69 Å². The first-order valence-corrected chi connectivity index (χ1v) is 10.7. The molecule has 0 aliphatic heterocycles. The molecular formula is C23H19N5OS. The highest BCUT2D eigenvalue weighted by Crippen LogP contribution is 2.28. The van der Waals surface area contributed by atoms with Gasteiger partial charge in [-0.25, -0.2) is 4.98 Å². The van der Waals surface area contributed by atoms with Gasteiger partial charge >= 0.3 is 0 Å². The van der Waals surface area contributed by atoms with Crippen molar-refractivity contribution in [3.05, 3.63) is 66.7 Å². The highest BCUT2D eigenvalue weighted by molar-refractivity contribution is 8.00. The van der Waals surface area contributed by atoms with Crippen LogP contribution in [0.2, 0.25) is 0 Å². The number of H-pyrrole nitrogens is 1. The van der Waals surface area contributed by atoms with E-state index in [4.69, 9.17) is 0 Å². The molecule has 2 aromatic heterocycles. The van der Waals surface area contributed by atoms with E-state index in [0.717, 1.165) is 32.9 Å². The zero-order valence-electron chi connectivity index (χ0n) is 16.3. The number of nitrogens with zero attached hydrogens (tertiary/aromatic N) is 3. The first kappa shape index (κ1) is 18.6. The van der Waals surface area contributed by atoms with Gasteiger partial charge < -0.3 is 10.3 Å². The average molecular weight is 414 g/mol. The number of aromatic nitrogens is 4. The Kier molecular flexibility index (Phi) is 4.80. The molecule has 0 saturated heterocycles. The van der Waals surface area contributed by atoms with Crippen LogP contribution in [0.15, 0.2) is 71.9 Å². The molecule has 0 aliphatic carbocycles. The molecule has 0 radical (unpaired) electrons. The Bertz CT molecular complexity index is 1370. The normalized spacial score (nSPS) is 12.4. The molecule has 0 spiro atoms. The van der Waals surface area contributed by atoms with Crippen molar-refractivity contribution in [2.45, 2.75) is 23.8 Å². The van der Waals surface area contributed by atoms with Gasteiger partial charge in [0, 0.05) is 22.0 Å². The van der Waals surface area contributed by atoms with Crippen LogP contribution in [-0.2, 0) is 4.79 Å². The van der Waals surface area contributed by atoms with Crippen LogP contribution in [0, 0.1) is 0 Å². The predicted octanol–water partition coefficient (Wildman–Crippen LogP) is 5.17. The second-order valence-corrected chi connectivity index (χ2v) is 8.16. The molecular weight excluding hydrogens is 394 g/mol. The van der Waals surface area contributed by atoms with Crippen molar-refractivity contribution in [3.63, 3.8) is 0 Å². The van der Waals surface area contributed by atoms with Crippen molar-refractivity contribution in [2.75, 3.05) is 5.32 Å². The largest absolute Gasteiger partial charge is 0.338 e. The lowest BCUT2D eigenvalue weighted by Gasteiger charge is -2.15. The molecule has 0 aliphatic rings. The summed E-state index contributed by atoms with van der Waals surface area (Å²) in [7, 11) is 0. The quantitative estimate of drug-likeness (QED) is 0.389. The van der Waals surface area contributed by atoms with Crippen LogP contribution in [0.3, 0.4) is 0 Å². The fourth-order valence-corrected chi connectivity index (χ4v) is 4.37. The molecule has 2 N–H and O–H groups in total. The van der Waals surface area contributed by atoms with Crippen molar-refractivity contribution >= 4 is 56.2 Å². The van der Waals surface area contributed by atoms with Crippen molar-refractivity contribution in [2.24, 2.45) is 0 Å². The molecule has 0 bridgehead atoms. The van der Waals surface area contributed by atoms with Crippen molar-refractivity contribution < 1.29 is 4.79 Å². The molecule has 3 aromatic carbocycles. The first-order chi connectivity index (χ1) is 14.7. The Labute approximate surface area is 177 Å². The molecule has 1 atom stereocenters. The summed E-state index contributed by atoms with van der Waals surface area (Å²) in [6, 6.07) is 21.8. The lowest BCUT2D eigenvalue weighted by atomic mass is 10.1. The smallest absolute Gasteiger partial charge is 0.237 e. The number of benzene rings is 3. The number of hydrogen-bond acceptors (Lipinski definition) is 5. The number of nitrogens with one attached hydrogen (secondary N) is 2. The van der Waals surface area contributed by atoms with Gasteiger partial charge in [-0.15, -0.1) is 10.2 Å². The number of anilines is 1. The molecule has 6 nitrogen and oxygen atoms in total. The van der Waals surface area contributed by atoms with Crippen LogP contribution in [-0.4, -0.2) is 31.3 Å². The van der Waals surface area contributed by atoms with E-state index in [1.165, 1.54) is 11.8 Å². The van der Waals surface area contributed by atoms with Gasteiger partial charge in [-0.2, -0.15) is 0 Å². The Morgan fingerprint density at radius 1 is 1.00 bits per heavy atom. The second kappa shape index (κ2) is 7.76. The summed E-state index contributed by atoms with van der Waals surface area (Å²) in [6.45, 7) is 1.98. The van der Waals surface area contributed by atoms with Gasteiger partial charge in [0.1, 0.15) is 5.52 Å². The van der Waals surface area contributed by atoms with Gasteiger partial charge in [-0.1, -0.05) is 73.3 Å². The molecule has 2 heterocycles. The molecule has 5 aromatic rings. The molecule has 0 fully saturated rings. The fourth-order valence-electron chi connectivity index (χ4n) is 3.55. The SMILES string of the molecule is CC[C@H](Sc1nnc2c(n1)[nH]c1ccccc12)C(=O)Nc1cccc2ccccc12. The van der Waals surface area contributed by atoms with Gasteiger partial charge in [0.15, 0.2) is 5.65 Å². The molecule has 1 amide bonds. The first-order valence-electron chi connectivity index (χ1n) is 9.79. The zero-order chi connectivity index (χ0) is 20.5. The van der Waals surface area contributed by atoms with Crippen LogP contribution < -0.4 is 5.32 Å². The van der Waals surface area contributed by atoms with E-state index in [9.17, 15) is 4.79 Å². The molecule has 7 heteroatoms. The van der Waals surface area contributed by atoms with E-state index in [0.29, 0.717) is 17.2 Å². The summed E-state index contributed by atoms with van der Waals surface area (Å²) < 4.78 is 0. The number of carbonyl (C=O) groups excluding carboxylic acids is 1. The number of rotatable bonds is 5. The summed E-state index contributed by atoms with van der Waals surface area (Å²) in [5, 5.41) is 14.9. The molecule has 148 valence electrons. The number of carbonyl (C=O) groups is 1. The predicted molar refractivity (Wildman–Crippen MR) is 122 cm³/mol. The number of aromatic amines is 1. The summed E-state index contributed by atoms with van der Waals surface area (Å²) in [5.74, 6) is -0.0702. The van der Waals surface area contributed by atoms with Crippen LogP contribution in [0.5, 0.6) is 0 Å². The Morgan fingerprint density at radius 2 is 1.77 bits per heavy atom. The van der Waals surface area contributed by atoms with Crippen LogP contribution >= 0.6 is 11.8 Å². The maximum atomic E-state index is 13.0. The van der Waals surface area contributed by atoms with Crippen molar-refractivity contribution in [1.82, 2.24) is 20.2 Å². The maximum absolute atomic E-state index is 13.0. The summed E-state index contributed by atoms with van der Waals surface area (Å²) in [4.78, 5) is 20.8. The number of hydrogen-bond donors (Lipinski definition) is 2. The zero-order valence-corrected chi connectivity index (χ0v) is 17.1. The highest BCUT2D eigenvalue weighted by Gasteiger charge is 2.21. The fraction of sp³-hybridized carbons (Fsp3) is 0.130. The van der Waals surface area contributed by atoms with Crippen molar-refractivity contribution in [1.29, 1.82) is 0 Å². The van der Waals surface area contributed by atoms with Gasteiger partial charge in [0.25, 0.3) is 0 Å². The number of para-hydroxylation sites is 1. The second-order valence-electron chi connectivity index (χ2n) is 6.99.